The van der Waals surface area contributed by atoms with E-state index in [-0.39, 0.29) is 30.0 Å². The molecule has 4 rings (SSSR count). The fraction of sp³-hybridized carbons (Fsp3) is 0.296. The number of hydrogen-bond acceptors (Lipinski definition) is 3. The van der Waals surface area contributed by atoms with Gasteiger partial charge in [0.1, 0.15) is 0 Å². The van der Waals surface area contributed by atoms with Crippen molar-refractivity contribution in [1.29, 1.82) is 0 Å². The molecule has 2 amide bonds. The predicted molar refractivity (Wildman–Crippen MR) is 131 cm³/mol. The van der Waals surface area contributed by atoms with Crippen LogP contribution >= 0.6 is 0 Å². The van der Waals surface area contributed by atoms with Crippen LogP contribution in [0.1, 0.15) is 44.7 Å². The Morgan fingerprint density at radius 1 is 1.09 bits per heavy atom. The van der Waals surface area contributed by atoms with E-state index in [0.717, 1.165) is 23.0 Å². The zero-order valence-electron chi connectivity index (χ0n) is 19.7. The van der Waals surface area contributed by atoms with Gasteiger partial charge in [-0.3, -0.25) is 14.6 Å². The quantitative estimate of drug-likeness (QED) is 0.438. The van der Waals surface area contributed by atoms with Crippen molar-refractivity contribution < 1.29 is 22.8 Å². The SMILES string of the molecule is CC(C)(C)CC(=O)N1CC/C(=C\C(=O)Nc2ccc3cccnc3c2)c2ccc(C(F)(F)F)cc21. The van der Waals surface area contributed by atoms with Gasteiger partial charge in [0.05, 0.1) is 16.8 Å². The summed E-state index contributed by atoms with van der Waals surface area (Å²) in [4.78, 5) is 31.4. The summed E-state index contributed by atoms with van der Waals surface area (Å²) >= 11 is 0. The molecule has 1 N–H and O–H groups in total. The van der Waals surface area contributed by atoms with Crippen molar-refractivity contribution in [3.05, 3.63) is 71.9 Å². The first-order valence-electron chi connectivity index (χ1n) is 11.3. The smallest absolute Gasteiger partial charge is 0.322 e. The number of nitrogens with one attached hydrogen (secondary N) is 1. The second-order valence-corrected chi connectivity index (χ2v) is 9.83. The maximum Gasteiger partial charge on any atom is 0.416 e. The normalized spacial score (nSPS) is 15.3. The van der Waals surface area contributed by atoms with Gasteiger partial charge < -0.3 is 10.2 Å². The van der Waals surface area contributed by atoms with E-state index < -0.39 is 17.6 Å². The first kappa shape index (κ1) is 24.4. The van der Waals surface area contributed by atoms with E-state index in [9.17, 15) is 22.8 Å². The molecule has 2 aromatic carbocycles. The third kappa shape index (κ3) is 5.70. The molecule has 2 heterocycles. The molecule has 35 heavy (non-hydrogen) atoms. The molecule has 3 aromatic rings. The van der Waals surface area contributed by atoms with Crippen LogP contribution in [0.25, 0.3) is 16.5 Å². The number of amides is 2. The lowest BCUT2D eigenvalue weighted by molar-refractivity contribution is -0.137. The van der Waals surface area contributed by atoms with Gasteiger partial charge in [-0.1, -0.05) is 39.0 Å². The van der Waals surface area contributed by atoms with Crippen LogP contribution in [0.15, 0.2) is 60.8 Å². The van der Waals surface area contributed by atoms with Crippen molar-refractivity contribution in [2.24, 2.45) is 5.41 Å². The Morgan fingerprint density at radius 3 is 2.57 bits per heavy atom. The molecule has 1 aliphatic heterocycles. The van der Waals surface area contributed by atoms with Crippen molar-refractivity contribution in [2.45, 2.75) is 39.8 Å². The molecule has 8 heteroatoms. The zero-order valence-corrected chi connectivity index (χ0v) is 19.7. The lowest BCUT2D eigenvalue weighted by Gasteiger charge is -2.33. The lowest BCUT2D eigenvalue weighted by atomic mass is 9.89. The van der Waals surface area contributed by atoms with Crippen molar-refractivity contribution in [3.63, 3.8) is 0 Å². The number of hydrogen-bond donors (Lipinski definition) is 1. The van der Waals surface area contributed by atoms with Crippen LogP contribution in [0, 0.1) is 5.41 Å². The van der Waals surface area contributed by atoms with Gasteiger partial charge in [-0.25, -0.2) is 0 Å². The summed E-state index contributed by atoms with van der Waals surface area (Å²) in [5.41, 5.74) is 1.33. The molecular formula is C27H26F3N3O2. The van der Waals surface area contributed by atoms with Crippen LogP contribution in [0.4, 0.5) is 24.5 Å². The second-order valence-electron chi connectivity index (χ2n) is 9.83. The zero-order chi connectivity index (χ0) is 25.4. The van der Waals surface area contributed by atoms with Gasteiger partial charge in [-0.15, -0.1) is 0 Å². The van der Waals surface area contributed by atoms with Crippen molar-refractivity contribution >= 4 is 39.7 Å². The first-order valence-corrected chi connectivity index (χ1v) is 11.3. The van der Waals surface area contributed by atoms with Crippen molar-refractivity contribution in [2.75, 3.05) is 16.8 Å². The standard InChI is InChI=1S/C27H26F3N3O2/c1-26(2,3)16-25(35)33-12-10-18(21-9-7-19(14-23(21)33)27(28,29)30)13-24(34)32-20-8-6-17-5-4-11-31-22(17)15-20/h4-9,11,13-15H,10,12,16H2,1-3H3,(H,32,34)/b18-13+. The van der Waals surface area contributed by atoms with Crippen LogP contribution in [0.3, 0.4) is 0 Å². The predicted octanol–water partition coefficient (Wildman–Crippen LogP) is 6.45. The minimum absolute atomic E-state index is 0.175. The maximum atomic E-state index is 13.4. The molecule has 1 aliphatic rings. The molecule has 0 spiro atoms. The molecule has 0 aliphatic carbocycles. The molecular weight excluding hydrogens is 455 g/mol. The summed E-state index contributed by atoms with van der Waals surface area (Å²) in [5.74, 6) is -0.652. The van der Waals surface area contributed by atoms with E-state index in [1.807, 2.05) is 39.0 Å². The van der Waals surface area contributed by atoms with Gasteiger partial charge in [-0.2, -0.15) is 13.2 Å². The highest BCUT2D eigenvalue weighted by molar-refractivity contribution is 6.07. The molecule has 182 valence electrons. The number of fused-ring (bicyclic) bond motifs is 2. The molecule has 5 nitrogen and oxygen atoms in total. The molecule has 0 saturated heterocycles. The van der Waals surface area contributed by atoms with Gasteiger partial charge in [0.15, 0.2) is 0 Å². The number of nitrogens with zero attached hydrogens (tertiary/aromatic N) is 2. The molecule has 0 atom stereocenters. The Bertz CT molecular complexity index is 1320. The Morgan fingerprint density at radius 2 is 1.86 bits per heavy atom. The van der Waals surface area contributed by atoms with Crippen molar-refractivity contribution in [3.8, 4) is 0 Å². The minimum Gasteiger partial charge on any atom is -0.322 e. The molecule has 0 unspecified atom stereocenters. The topological polar surface area (TPSA) is 62.3 Å². The summed E-state index contributed by atoms with van der Waals surface area (Å²) in [6.45, 7) is 5.90. The number of rotatable bonds is 3. The van der Waals surface area contributed by atoms with Crippen LogP contribution in [0.5, 0.6) is 0 Å². The highest BCUT2D eigenvalue weighted by Crippen LogP contribution is 2.40. The number of carbonyl (C=O) groups excluding carboxylic acids is 2. The summed E-state index contributed by atoms with van der Waals surface area (Å²) < 4.78 is 40.3. The van der Waals surface area contributed by atoms with E-state index in [2.05, 4.69) is 10.3 Å². The van der Waals surface area contributed by atoms with E-state index in [1.165, 1.54) is 17.0 Å². The van der Waals surface area contributed by atoms with E-state index in [4.69, 9.17) is 0 Å². The molecule has 0 saturated carbocycles. The molecule has 0 fully saturated rings. The molecule has 0 radical (unpaired) electrons. The monoisotopic (exact) mass is 481 g/mol. The molecule has 0 bridgehead atoms. The average molecular weight is 482 g/mol. The fourth-order valence-electron chi connectivity index (χ4n) is 4.13. The Balaban J connectivity index is 1.65. The summed E-state index contributed by atoms with van der Waals surface area (Å²) in [5, 5.41) is 3.73. The Kier molecular flexibility index (Phi) is 6.40. The third-order valence-corrected chi connectivity index (χ3v) is 5.73. The maximum absolute atomic E-state index is 13.4. The highest BCUT2D eigenvalue weighted by Gasteiger charge is 2.34. The second kappa shape index (κ2) is 9.17. The highest BCUT2D eigenvalue weighted by atomic mass is 19.4. The number of alkyl halides is 3. The summed E-state index contributed by atoms with van der Waals surface area (Å²) in [6, 6.07) is 12.4. The number of carbonyl (C=O) groups is 2. The largest absolute Gasteiger partial charge is 0.416 e. The number of aromatic nitrogens is 1. The lowest BCUT2D eigenvalue weighted by Crippen LogP contribution is -2.37. The summed E-state index contributed by atoms with van der Waals surface area (Å²) in [6.07, 6.45) is -0.952. The Labute approximate surface area is 201 Å². The van der Waals surface area contributed by atoms with Crippen LogP contribution in [-0.4, -0.2) is 23.3 Å². The van der Waals surface area contributed by atoms with Gasteiger partial charge >= 0.3 is 6.18 Å². The van der Waals surface area contributed by atoms with Gasteiger partial charge in [0.25, 0.3) is 0 Å². The number of benzene rings is 2. The van der Waals surface area contributed by atoms with Crippen molar-refractivity contribution in [1.82, 2.24) is 4.98 Å². The van der Waals surface area contributed by atoms with Gasteiger partial charge in [0.2, 0.25) is 11.8 Å². The summed E-state index contributed by atoms with van der Waals surface area (Å²) in [7, 11) is 0. The minimum atomic E-state index is -4.55. The molecule has 1 aromatic heterocycles. The first-order chi connectivity index (χ1) is 16.4. The van der Waals surface area contributed by atoms with Crippen LogP contribution in [0.2, 0.25) is 0 Å². The van der Waals surface area contributed by atoms with Crippen LogP contribution in [-0.2, 0) is 15.8 Å². The van der Waals surface area contributed by atoms with Crippen LogP contribution < -0.4 is 10.2 Å². The van der Waals surface area contributed by atoms with E-state index >= 15 is 0 Å². The van der Waals surface area contributed by atoms with Gasteiger partial charge in [-0.05, 0) is 47.7 Å². The fourth-order valence-corrected chi connectivity index (χ4v) is 4.13. The number of halogens is 3. The van der Waals surface area contributed by atoms with E-state index in [0.29, 0.717) is 23.2 Å². The number of pyridine rings is 1. The number of anilines is 2. The Hall–Kier alpha value is -3.68. The average Bonchev–Trinajstić information content (AvgIpc) is 2.77. The van der Waals surface area contributed by atoms with E-state index in [1.54, 1.807) is 18.3 Å². The van der Waals surface area contributed by atoms with Gasteiger partial charge in [0, 0.05) is 41.9 Å². The third-order valence-electron chi connectivity index (χ3n) is 5.73.